The molecule has 0 aliphatic carbocycles. The smallest absolute Gasteiger partial charge is 0.416 e. The van der Waals surface area contributed by atoms with E-state index in [2.05, 4.69) is 10.2 Å². The number of sulfonamides is 1. The minimum atomic E-state index is -4.77. The number of nitrogens with zero attached hydrogens (tertiary/aromatic N) is 2. The van der Waals surface area contributed by atoms with E-state index < -0.39 is 50.3 Å². The highest BCUT2D eigenvalue weighted by molar-refractivity contribution is 7.89. The summed E-state index contributed by atoms with van der Waals surface area (Å²) in [6, 6.07) is 5.37. The van der Waals surface area contributed by atoms with Crippen LogP contribution in [0.3, 0.4) is 0 Å². The molecule has 1 atom stereocenters. The van der Waals surface area contributed by atoms with Crippen LogP contribution in [0.2, 0.25) is 5.02 Å². The molecule has 166 valence electrons. The summed E-state index contributed by atoms with van der Waals surface area (Å²) in [5.41, 5.74) is -1.20. The third-order valence-electron chi connectivity index (χ3n) is 3.78. The molecule has 1 N–H and O–H groups in total. The molecular formula is C17H13ClF3N3O5S2. The number of hydrogen-bond acceptors (Lipinski definition) is 8. The number of rotatable bonds is 7. The molecule has 1 aromatic carbocycles. The fourth-order valence-corrected chi connectivity index (χ4v) is 4.44. The molecule has 0 aliphatic rings. The van der Waals surface area contributed by atoms with Gasteiger partial charge in [-0.15, -0.1) is 21.5 Å². The van der Waals surface area contributed by atoms with Crippen molar-refractivity contribution in [3.8, 4) is 10.8 Å². The molecule has 0 fully saturated rings. The van der Waals surface area contributed by atoms with E-state index >= 15 is 0 Å². The van der Waals surface area contributed by atoms with Crippen molar-refractivity contribution < 1.29 is 35.5 Å². The van der Waals surface area contributed by atoms with Gasteiger partial charge >= 0.3 is 12.1 Å². The van der Waals surface area contributed by atoms with E-state index in [-0.39, 0.29) is 11.8 Å². The Morgan fingerprint density at radius 2 is 2.06 bits per heavy atom. The summed E-state index contributed by atoms with van der Waals surface area (Å²) in [4.78, 5) is 11.9. The van der Waals surface area contributed by atoms with Crippen LogP contribution < -0.4 is 4.72 Å². The monoisotopic (exact) mass is 495 g/mol. The average molecular weight is 496 g/mol. The Morgan fingerprint density at radius 3 is 2.71 bits per heavy atom. The maximum absolute atomic E-state index is 12.8. The van der Waals surface area contributed by atoms with Crippen molar-refractivity contribution in [1.82, 2.24) is 14.9 Å². The Labute approximate surface area is 183 Å². The molecule has 3 rings (SSSR count). The molecule has 0 radical (unpaired) electrons. The number of carbonyl (C=O) groups excluding carboxylic acids is 1. The summed E-state index contributed by atoms with van der Waals surface area (Å²) in [5, 5.41) is 8.99. The molecule has 3 aromatic rings. The van der Waals surface area contributed by atoms with Crippen molar-refractivity contribution >= 4 is 38.9 Å². The number of halogens is 4. The van der Waals surface area contributed by atoms with Gasteiger partial charge in [-0.1, -0.05) is 17.7 Å². The first kappa shape index (κ1) is 23.2. The number of benzene rings is 1. The third kappa shape index (κ3) is 5.61. The van der Waals surface area contributed by atoms with E-state index in [0.29, 0.717) is 17.0 Å². The number of hydrogen-bond donors (Lipinski definition) is 1. The van der Waals surface area contributed by atoms with E-state index in [1.807, 2.05) is 10.1 Å². The van der Waals surface area contributed by atoms with Crippen LogP contribution in [-0.4, -0.2) is 31.1 Å². The molecule has 0 saturated carbocycles. The molecule has 8 nitrogen and oxygen atoms in total. The first-order valence-corrected chi connectivity index (χ1v) is 11.1. The fourth-order valence-electron chi connectivity index (χ4n) is 2.31. The lowest BCUT2D eigenvalue weighted by Gasteiger charge is -2.13. The van der Waals surface area contributed by atoms with Crippen LogP contribution in [0.25, 0.3) is 10.8 Å². The van der Waals surface area contributed by atoms with Crippen molar-refractivity contribution in [2.45, 2.75) is 24.1 Å². The quantitative estimate of drug-likeness (QED) is 0.492. The zero-order valence-corrected chi connectivity index (χ0v) is 17.9. The molecule has 31 heavy (non-hydrogen) atoms. The minimum Gasteiger partial charge on any atom is -0.452 e. The molecule has 1 unspecified atom stereocenters. The molecule has 0 bridgehead atoms. The molecule has 0 aliphatic heterocycles. The molecular weight excluding hydrogens is 483 g/mol. The van der Waals surface area contributed by atoms with Crippen molar-refractivity contribution in [2.24, 2.45) is 0 Å². The maximum Gasteiger partial charge on any atom is 0.416 e. The number of aromatic nitrogens is 2. The van der Waals surface area contributed by atoms with Gasteiger partial charge in [0, 0.05) is 0 Å². The Morgan fingerprint density at radius 1 is 1.32 bits per heavy atom. The largest absolute Gasteiger partial charge is 0.452 e. The summed E-state index contributed by atoms with van der Waals surface area (Å²) >= 11 is 7.09. The van der Waals surface area contributed by atoms with Crippen LogP contribution in [0.4, 0.5) is 13.2 Å². The van der Waals surface area contributed by atoms with Crippen LogP contribution in [0.1, 0.15) is 24.5 Å². The third-order valence-corrected chi connectivity index (χ3v) is 6.52. The van der Waals surface area contributed by atoms with Gasteiger partial charge in [0.1, 0.15) is 11.4 Å². The molecule has 14 heteroatoms. The number of alkyl halides is 3. The first-order valence-electron chi connectivity index (χ1n) is 8.40. The van der Waals surface area contributed by atoms with E-state index in [1.165, 1.54) is 18.3 Å². The lowest BCUT2D eigenvalue weighted by atomic mass is 10.2. The zero-order chi connectivity index (χ0) is 22.8. The molecule has 2 heterocycles. The summed E-state index contributed by atoms with van der Waals surface area (Å²) in [6.07, 6.45) is -5.76. The number of esters is 1. The highest BCUT2D eigenvalue weighted by Gasteiger charge is 2.33. The predicted molar refractivity (Wildman–Crippen MR) is 104 cm³/mol. The Balaban J connectivity index is 1.64. The second kappa shape index (κ2) is 8.94. The average Bonchev–Trinajstić information content (AvgIpc) is 3.37. The van der Waals surface area contributed by atoms with Gasteiger partial charge in [-0.05, 0) is 36.6 Å². The first-order chi connectivity index (χ1) is 14.5. The zero-order valence-electron chi connectivity index (χ0n) is 15.5. The summed E-state index contributed by atoms with van der Waals surface area (Å²) in [7, 11) is -4.53. The SMILES string of the molecule is CC(OC(=O)CNS(=O)(=O)c1cc(C(F)(F)F)ccc1Cl)c1nnc(-c2cccs2)o1. The van der Waals surface area contributed by atoms with Gasteiger partial charge in [0.2, 0.25) is 10.0 Å². The van der Waals surface area contributed by atoms with Crippen LogP contribution >= 0.6 is 22.9 Å². The molecule has 0 amide bonds. The number of carbonyl (C=O) groups is 1. The van der Waals surface area contributed by atoms with Crippen molar-refractivity contribution in [1.29, 1.82) is 0 Å². The van der Waals surface area contributed by atoms with Gasteiger partial charge in [0.05, 0.1) is 15.5 Å². The number of nitrogens with one attached hydrogen (secondary N) is 1. The fraction of sp³-hybridized carbons (Fsp3) is 0.235. The van der Waals surface area contributed by atoms with E-state index in [1.54, 1.807) is 12.1 Å². The highest BCUT2D eigenvalue weighted by atomic mass is 35.5. The topological polar surface area (TPSA) is 111 Å². The van der Waals surface area contributed by atoms with Gasteiger partial charge < -0.3 is 9.15 Å². The van der Waals surface area contributed by atoms with Crippen LogP contribution in [0.15, 0.2) is 45.0 Å². The van der Waals surface area contributed by atoms with E-state index in [4.69, 9.17) is 20.8 Å². The predicted octanol–water partition coefficient (Wildman–Crippen LogP) is 4.05. The lowest BCUT2D eigenvalue weighted by molar-refractivity contribution is -0.148. The summed E-state index contributed by atoms with van der Waals surface area (Å²) in [5.74, 6) is -0.802. The van der Waals surface area contributed by atoms with Crippen molar-refractivity contribution in [3.63, 3.8) is 0 Å². The lowest BCUT2D eigenvalue weighted by Crippen LogP contribution is -2.31. The van der Waals surface area contributed by atoms with Gasteiger partial charge in [0.25, 0.3) is 11.8 Å². The van der Waals surface area contributed by atoms with Gasteiger partial charge in [-0.25, -0.2) is 8.42 Å². The second-order valence-corrected chi connectivity index (χ2v) is 9.11. The normalized spacial score (nSPS) is 13.2. The maximum atomic E-state index is 12.8. The highest BCUT2D eigenvalue weighted by Crippen LogP contribution is 2.33. The molecule has 0 spiro atoms. The standard InChI is InChI=1S/C17H13ClF3N3O5S2/c1-9(15-23-24-16(29-15)12-3-2-6-30-12)28-14(25)8-22-31(26,27)13-7-10(17(19,20)21)4-5-11(13)18/h2-7,9,22H,8H2,1H3. The summed E-state index contributed by atoms with van der Waals surface area (Å²) in [6.45, 7) is 0.576. The second-order valence-electron chi connectivity index (χ2n) is 6.02. The van der Waals surface area contributed by atoms with Crippen LogP contribution in [-0.2, 0) is 25.7 Å². The van der Waals surface area contributed by atoms with E-state index in [9.17, 15) is 26.4 Å². The van der Waals surface area contributed by atoms with Crippen molar-refractivity contribution in [3.05, 3.63) is 52.2 Å². The Bertz CT molecular complexity index is 1180. The Kier molecular flexibility index (Phi) is 6.69. The van der Waals surface area contributed by atoms with Gasteiger partial charge in [-0.3, -0.25) is 4.79 Å². The van der Waals surface area contributed by atoms with Crippen LogP contribution in [0, 0.1) is 0 Å². The molecule has 2 aromatic heterocycles. The van der Waals surface area contributed by atoms with Crippen LogP contribution in [0.5, 0.6) is 0 Å². The number of ether oxygens (including phenoxy) is 1. The number of thiophene rings is 1. The van der Waals surface area contributed by atoms with E-state index in [0.717, 1.165) is 6.07 Å². The summed E-state index contributed by atoms with van der Waals surface area (Å²) < 4.78 is 75.5. The molecule has 0 saturated heterocycles. The Hall–Kier alpha value is -2.48. The van der Waals surface area contributed by atoms with Gasteiger partial charge in [-0.2, -0.15) is 17.9 Å². The van der Waals surface area contributed by atoms with Crippen molar-refractivity contribution in [2.75, 3.05) is 6.54 Å². The van der Waals surface area contributed by atoms with Gasteiger partial charge in [0.15, 0.2) is 6.10 Å². The minimum absolute atomic E-state index is 0.0134.